The molecule has 1 N–H and O–H groups in total. The van der Waals surface area contributed by atoms with Gasteiger partial charge in [0, 0.05) is 34.2 Å². The van der Waals surface area contributed by atoms with Crippen molar-refractivity contribution >= 4 is 23.2 Å². The van der Waals surface area contributed by atoms with E-state index >= 15 is 0 Å². The standard InChI is InChI=1S/C16H22Cl2N2/c17-13-5-3-6-14(18)12(13)11-20-10-2-1-8-16(20)15-7-4-9-19-15/h3,5-6,15-16,19H,1-2,4,7-11H2. The number of hydrogen-bond donors (Lipinski definition) is 1. The van der Waals surface area contributed by atoms with Crippen molar-refractivity contribution in [2.24, 2.45) is 0 Å². The minimum atomic E-state index is 0.638. The molecule has 0 bridgehead atoms. The van der Waals surface area contributed by atoms with Gasteiger partial charge in [0.15, 0.2) is 0 Å². The first kappa shape index (κ1) is 14.6. The van der Waals surface area contributed by atoms with E-state index in [1.165, 1.54) is 38.6 Å². The van der Waals surface area contributed by atoms with Crippen LogP contribution in [0.15, 0.2) is 18.2 Å². The lowest BCUT2D eigenvalue weighted by Gasteiger charge is -2.39. The molecular weight excluding hydrogens is 291 g/mol. The van der Waals surface area contributed by atoms with Crippen LogP contribution in [0.25, 0.3) is 0 Å². The Morgan fingerprint density at radius 2 is 1.90 bits per heavy atom. The molecule has 2 heterocycles. The molecule has 1 aromatic rings. The first-order chi connectivity index (χ1) is 9.75. The molecule has 20 heavy (non-hydrogen) atoms. The summed E-state index contributed by atoms with van der Waals surface area (Å²) in [5.74, 6) is 0. The van der Waals surface area contributed by atoms with Gasteiger partial charge in [-0.25, -0.2) is 0 Å². The Balaban J connectivity index is 1.76. The minimum absolute atomic E-state index is 0.638. The Hall–Kier alpha value is -0.280. The molecule has 0 radical (unpaired) electrons. The Kier molecular flexibility index (Phi) is 4.87. The van der Waals surface area contributed by atoms with Crippen molar-refractivity contribution in [2.75, 3.05) is 13.1 Å². The summed E-state index contributed by atoms with van der Waals surface area (Å²) in [6.45, 7) is 3.20. The molecule has 4 heteroatoms. The number of hydrogen-bond acceptors (Lipinski definition) is 2. The summed E-state index contributed by atoms with van der Waals surface area (Å²) in [6, 6.07) is 7.08. The molecule has 0 aliphatic carbocycles. The molecule has 1 aromatic carbocycles. The van der Waals surface area contributed by atoms with Gasteiger partial charge in [-0.05, 0) is 50.9 Å². The smallest absolute Gasteiger partial charge is 0.0465 e. The van der Waals surface area contributed by atoms with E-state index in [0.29, 0.717) is 12.1 Å². The van der Waals surface area contributed by atoms with Gasteiger partial charge in [-0.2, -0.15) is 0 Å². The molecule has 0 aromatic heterocycles. The van der Waals surface area contributed by atoms with Crippen LogP contribution in [0, 0.1) is 0 Å². The van der Waals surface area contributed by atoms with E-state index in [2.05, 4.69) is 10.2 Å². The highest BCUT2D eigenvalue weighted by atomic mass is 35.5. The van der Waals surface area contributed by atoms with Gasteiger partial charge >= 0.3 is 0 Å². The quantitative estimate of drug-likeness (QED) is 0.904. The average molecular weight is 313 g/mol. The highest BCUT2D eigenvalue weighted by Crippen LogP contribution is 2.30. The van der Waals surface area contributed by atoms with Gasteiger partial charge < -0.3 is 5.32 Å². The zero-order chi connectivity index (χ0) is 13.9. The second kappa shape index (κ2) is 6.65. The summed E-state index contributed by atoms with van der Waals surface area (Å²) in [4.78, 5) is 2.58. The van der Waals surface area contributed by atoms with E-state index in [1.807, 2.05) is 18.2 Å². The van der Waals surface area contributed by atoms with E-state index in [-0.39, 0.29) is 0 Å². The van der Waals surface area contributed by atoms with Crippen LogP contribution in [0.5, 0.6) is 0 Å². The fourth-order valence-corrected chi connectivity index (χ4v) is 4.11. The van der Waals surface area contributed by atoms with E-state index < -0.39 is 0 Å². The van der Waals surface area contributed by atoms with Crippen LogP contribution < -0.4 is 5.32 Å². The molecule has 2 fully saturated rings. The summed E-state index contributed by atoms with van der Waals surface area (Å²) in [7, 11) is 0. The van der Waals surface area contributed by atoms with E-state index in [0.717, 1.165) is 28.7 Å². The molecule has 2 atom stereocenters. The topological polar surface area (TPSA) is 15.3 Å². The van der Waals surface area contributed by atoms with Crippen LogP contribution in [0.2, 0.25) is 10.0 Å². The summed E-state index contributed by atoms with van der Waals surface area (Å²) in [6.07, 6.45) is 6.53. The summed E-state index contributed by atoms with van der Waals surface area (Å²) >= 11 is 12.7. The Bertz CT molecular complexity index is 438. The molecule has 110 valence electrons. The van der Waals surface area contributed by atoms with Gasteiger partial charge in [-0.1, -0.05) is 35.7 Å². The lowest BCUT2D eigenvalue weighted by Crippen LogP contribution is -2.49. The van der Waals surface area contributed by atoms with Crippen LogP contribution >= 0.6 is 23.2 Å². The first-order valence-corrected chi connectivity index (χ1v) is 8.41. The van der Waals surface area contributed by atoms with Crippen LogP contribution in [0.1, 0.15) is 37.7 Å². The maximum absolute atomic E-state index is 6.33. The van der Waals surface area contributed by atoms with Crippen molar-refractivity contribution in [1.82, 2.24) is 10.2 Å². The third kappa shape index (κ3) is 3.14. The SMILES string of the molecule is Clc1cccc(Cl)c1CN1CCCCC1C1CCCN1. The Labute approximate surface area is 131 Å². The molecule has 2 aliphatic heterocycles. The molecule has 3 rings (SSSR count). The monoisotopic (exact) mass is 312 g/mol. The van der Waals surface area contributed by atoms with Crippen molar-refractivity contribution < 1.29 is 0 Å². The van der Waals surface area contributed by atoms with Crippen molar-refractivity contribution in [3.05, 3.63) is 33.8 Å². The zero-order valence-electron chi connectivity index (χ0n) is 11.7. The highest BCUT2D eigenvalue weighted by Gasteiger charge is 2.31. The molecule has 2 nitrogen and oxygen atoms in total. The molecule has 2 unspecified atom stereocenters. The molecule has 2 saturated heterocycles. The van der Waals surface area contributed by atoms with E-state index in [1.54, 1.807) is 0 Å². The summed E-state index contributed by atoms with van der Waals surface area (Å²) in [5.41, 5.74) is 1.08. The number of rotatable bonds is 3. The van der Waals surface area contributed by atoms with Gasteiger partial charge in [-0.3, -0.25) is 4.90 Å². The minimum Gasteiger partial charge on any atom is -0.312 e. The van der Waals surface area contributed by atoms with Crippen molar-refractivity contribution in [2.45, 2.75) is 50.7 Å². The molecule has 0 saturated carbocycles. The average Bonchev–Trinajstić information content (AvgIpc) is 2.97. The normalized spacial score (nSPS) is 27.9. The highest BCUT2D eigenvalue weighted by molar-refractivity contribution is 6.35. The summed E-state index contributed by atoms with van der Waals surface area (Å²) < 4.78 is 0. The third-order valence-corrected chi connectivity index (χ3v) is 5.36. The largest absolute Gasteiger partial charge is 0.312 e. The van der Waals surface area contributed by atoms with E-state index in [4.69, 9.17) is 23.2 Å². The lowest BCUT2D eigenvalue weighted by molar-refractivity contribution is 0.112. The number of nitrogens with one attached hydrogen (secondary N) is 1. The van der Waals surface area contributed by atoms with E-state index in [9.17, 15) is 0 Å². The number of benzene rings is 1. The Morgan fingerprint density at radius 3 is 2.60 bits per heavy atom. The maximum atomic E-state index is 6.33. The number of nitrogens with zero attached hydrogens (tertiary/aromatic N) is 1. The van der Waals surface area contributed by atoms with Crippen molar-refractivity contribution in [1.29, 1.82) is 0 Å². The second-order valence-corrected chi connectivity index (χ2v) is 6.75. The van der Waals surface area contributed by atoms with Gasteiger partial charge in [0.05, 0.1) is 0 Å². The number of likely N-dealkylation sites (tertiary alicyclic amines) is 1. The van der Waals surface area contributed by atoms with Crippen LogP contribution in [0.3, 0.4) is 0 Å². The molecule has 0 amide bonds. The fraction of sp³-hybridized carbons (Fsp3) is 0.625. The molecular formula is C16H22Cl2N2. The number of halogens is 2. The lowest BCUT2D eigenvalue weighted by atomic mass is 9.94. The van der Waals surface area contributed by atoms with Crippen molar-refractivity contribution in [3.63, 3.8) is 0 Å². The summed E-state index contributed by atoms with van der Waals surface area (Å²) in [5, 5.41) is 5.25. The number of piperidine rings is 1. The van der Waals surface area contributed by atoms with Crippen LogP contribution in [-0.4, -0.2) is 30.1 Å². The van der Waals surface area contributed by atoms with Crippen LogP contribution in [0.4, 0.5) is 0 Å². The van der Waals surface area contributed by atoms with Gasteiger partial charge in [0.1, 0.15) is 0 Å². The molecule has 2 aliphatic rings. The first-order valence-electron chi connectivity index (χ1n) is 7.66. The fourth-order valence-electron chi connectivity index (χ4n) is 3.60. The predicted octanol–water partition coefficient (Wildman–Crippen LogP) is 4.10. The zero-order valence-corrected chi connectivity index (χ0v) is 13.3. The van der Waals surface area contributed by atoms with Gasteiger partial charge in [0.2, 0.25) is 0 Å². The van der Waals surface area contributed by atoms with Crippen molar-refractivity contribution in [3.8, 4) is 0 Å². The maximum Gasteiger partial charge on any atom is 0.0465 e. The van der Waals surface area contributed by atoms with Crippen LogP contribution in [-0.2, 0) is 6.54 Å². The second-order valence-electron chi connectivity index (χ2n) is 5.94. The third-order valence-electron chi connectivity index (χ3n) is 4.65. The molecule has 0 spiro atoms. The van der Waals surface area contributed by atoms with Gasteiger partial charge in [0.25, 0.3) is 0 Å². The predicted molar refractivity (Wildman–Crippen MR) is 85.5 cm³/mol. The Morgan fingerprint density at radius 1 is 1.10 bits per heavy atom. The van der Waals surface area contributed by atoms with Gasteiger partial charge in [-0.15, -0.1) is 0 Å².